The second-order valence-electron chi connectivity index (χ2n) is 3.04. The van der Waals surface area contributed by atoms with E-state index < -0.39 is 25.0 Å². The summed E-state index contributed by atoms with van der Waals surface area (Å²) in [6.07, 6.45) is -5.74. The Hall–Kier alpha value is -1.24. The summed E-state index contributed by atoms with van der Waals surface area (Å²) in [4.78, 5) is 11.4. The van der Waals surface area contributed by atoms with Gasteiger partial charge in [-0.15, -0.1) is 11.3 Å². The number of carbonyl (C=O) groups excluding carboxylic acids is 1. The van der Waals surface area contributed by atoms with Gasteiger partial charge >= 0.3 is 5.97 Å². The fourth-order valence-corrected chi connectivity index (χ4v) is 2.06. The minimum absolute atomic E-state index is 0.0870. The van der Waals surface area contributed by atoms with Crippen LogP contribution in [0.1, 0.15) is 15.2 Å². The molecule has 0 aliphatic rings. The highest BCUT2D eigenvalue weighted by Crippen LogP contribution is 2.28. The Kier molecular flexibility index (Phi) is 4.17. The fraction of sp³-hybridized carbons (Fsp3) is 0.444. The molecule has 0 bridgehead atoms. The molecule has 0 aliphatic heterocycles. The maximum absolute atomic E-state index is 12.7. The minimum atomic E-state index is -3.04. The summed E-state index contributed by atoms with van der Waals surface area (Å²) >= 11 is 0.907. The van der Waals surface area contributed by atoms with Crippen molar-refractivity contribution >= 4 is 22.3 Å². The molecular weight excluding hydrogens is 243 g/mol. The van der Waals surface area contributed by atoms with Crippen molar-refractivity contribution in [2.24, 2.45) is 0 Å². The van der Waals surface area contributed by atoms with Crippen LogP contribution in [0.4, 0.5) is 18.2 Å². The number of thiophene rings is 1. The fourth-order valence-electron chi connectivity index (χ4n) is 1.11. The first kappa shape index (κ1) is 12.8. The monoisotopic (exact) mass is 253 g/mol. The van der Waals surface area contributed by atoms with Gasteiger partial charge in [0.15, 0.2) is 6.17 Å². The molecule has 2 N–H and O–H groups in total. The van der Waals surface area contributed by atoms with E-state index in [9.17, 15) is 18.0 Å². The van der Waals surface area contributed by atoms with Gasteiger partial charge in [-0.3, -0.25) is 0 Å². The molecule has 1 atom stereocenters. The van der Waals surface area contributed by atoms with Crippen LogP contribution >= 0.6 is 11.3 Å². The van der Waals surface area contributed by atoms with Crippen molar-refractivity contribution in [3.8, 4) is 0 Å². The van der Waals surface area contributed by atoms with Gasteiger partial charge in [0.25, 0.3) is 6.43 Å². The largest absolute Gasteiger partial charge is 0.465 e. The van der Waals surface area contributed by atoms with Crippen LogP contribution in [0.3, 0.4) is 0 Å². The van der Waals surface area contributed by atoms with Crippen LogP contribution in [0.2, 0.25) is 0 Å². The van der Waals surface area contributed by atoms with Crippen LogP contribution in [0.25, 0.3) is 0 Å². The zero-order chi connectivity index (χ0) is 12.3. The lowest BCUT2D eigenvalue weighted by Crippen LogP contribution is -2.14. The number of ether oxygens (including phenoxy) is 1. The molecule has 7 heteroatoms. The molecule has 1 aromatic heterocycles. The Morgan fingerprint density at radius 2 is 2.19 bits per heavy atom. The smallest absolute Gasteiger partial charge is 0.340 e. The summed E-state index contributed by atoms with van der Waals surface area (Å²) in [5.74, 6) is -0.660. The number of carbonyl (C=O) groups is 1. The molecule has 1 rings (SSSR count). The Balaban J connectivity index is 2.81. The molecule has 0 aliphatic carbocycles. The van der Waals surface area contributed by atoms with Gasteiger partial charge in [0, 0.05) is 11.3 Å². The number of hydrogen-bond acceptors (Lipinski definition) is 4. The van der Waals surface area contributed by atoms with E-state index in [0.717, 1.165) is 11.3 Å². The van der Waals surface area contributed by atoms with Crippen molar-refractivity contribution in [3.63, 3.8) is 0 Å². The number of halogens is 3. The predicted octanol–water partition coefficient (Wildman–Crippen LogP) is 2.26. The van der Waals surface area contributed by atoms with Crippen LogP contribution in [-0.2, 0) is 11.2 Å². The number of hydrogen-bond donors (Lipinski definition) is 1. The number of anilines is 1. The van der Waals surface area contributed by atoms with E-state index in [1.165, 1.54) is 13.2 Å². The topological polar surface area (TPSA) is 52.3 Å². The third kappa shape index (κ3) is 2.88. The van der Waals surface area contributed by atoms with E-state index in [-0.39, 0.29) is 10.6 Å². The summed E-state index contributed by atoms with van der Waals surface area (Å²) in [6.45, 7) is 0. The van der Waals surface area contributed by atoms with Gasteiger partial charge in [-0.1, -0.05) is 0 Å². The number of nitrogens with two attached hydrogens (primary N) is 1. The standard InChI is InChI=1S/C9H10F3NO2S/c1-15-9(14)5-2-4(16-8(5)13)3-6(10)7(11)12/h2,6-7H,3,13H2,1H3. The number of rotatable bonds is 4. The van der Waals surface area contributed by atoms with Gasteiger partial charge in [0.05, 0.1) is 12.7 Å². The molecule has 0 saturated carbocycles. The maximum Gasteiger partial charge on any atom is 0.340 e. The van der Waals surface area contributed by atoms with Crippen molar-refractivity contribution in [2.75, 3.05) is 12.8 Å². The van der Waals surface area contributed by atoms with E-state index >= 15 is 0 Å². The van der Waals surface area contributed by atoms with Crippen LogP contribution in [0, 0.1) is 0 Å². The number of nitrogen functional groups attached to an aromatic ring is 1. The maximum atomic E-state index is 12.7. The van der Waals surface area contributed by atoms with Crippen LogP contribution in [0.15, 0.2) is 6.07 Å². The first-order valence-corrected chi connectivity index (χ1v) is 5.16. The van der Waals surface area contributed by atoms with Gasteiger partial charge < -0.3 is 10.5 Å². The summed E-state index contributed by atoms with van der Waals surface area (Å²) < 4.78 is 41.1. The van der Waals surface area contributed by atoms with Crippen molar-refractivity contribution < 1.29 is 22.7 Å². The van der Waals surface area contributed by atoms with Crippen molar-refractivity contribution in [2.45, 2.75) is 19.0 Å². The lowest BCUT2D eigenvalue weighted by molar-refractivity contribution is 0.0507. The SMILES string of the molecule is COC(=O)c1cc(CC(F)C(F)F)sc1N. The van der Waals surface area contributed by atoms with Crippen LogP contribution < -0.4 is 5.73 Å². The van der Waals surface area contributed by atoms with Gasteiger partial charge in [0.1, 0.15) is 5.00 Å². The first-order chi connectivity index (χ1) is 7.45. The zero-order valence-corrected chi connectivity index (χ0v) is 9.19. The molecular formula is C9H10F3NO2S. The lowest BCUT2D eigenvalue weighted by Gasteiger charge is -2.03. The molecule has 1 heterocycles. The van der Waals surface area contributed by atoms with E-state index in [0.29, 0.717) is 4.88 Å². The lowest BCUT2D eigenvalue weighted by atomic mass is 10.2. The predicted molar refractivity (Wildman–Crippen MR) is 54.7 cm³/mol. The van der Waals surface area contributed by atoms with Crippen molar-refractivity contribution in [1.29, 1.82) is 0 Å². The second-order valence-corrected chi connectivity index (χ2v) is 4.21. The van der Waals surface area contributed by atoms with Gasteiger partial charge in [0.2, 0.25) is 0 Å². The second kappa shape index (κ2) is 5.20. The molecule has 1 unspecified atom stereocenters. The zero-order valence-electron chi connectivity index (χ0n) is 8.38. The summed E-state index contributed by atoms with van der Waals surface area (Å²) in [7, 11) is 1.18. The highest BCUT2D eigenvalue weighted by Gasteiger charge is 2.22. The van der Waals surface area contributed by atoms with Gasteiger partial charge in [-0.05, 0) is 6.07 Å². The Bertz CT molecular complexity index is 381. The molecule has 0 amide bonds. The average molecular weight is 253 g/mol. The molecule has 0 saturated heterocycles. The minimum Gasteiger partial charge on any atom is -0.465 e. The molecule has 90 valence electrons. The highest BCUT2D eigenvalue weighted by atomic mass is 32.1. The van der Waals surface area contributed by atoms with Gasteiger partial charge in [-0.2, -0.15) is 0 Å². The van der Waals surface area contributed by atoms with E-state index in [1.807, 2.05) is 0 Å². The molecule has 0 fully saturated rings. The molecule has 16 heavy (non-hydrogen) atoms. The first-order valence-electron chi connectivity index (χ1n) is 4.34. The Labute approximate surface area is 94.0 Å². The third-order valence-corrected chi connectivity index (χ3v) is 2.87. The van der Waals surface area contributed by atoms with Crippen molar-refractivity contribution in [1.82, 2.24) is 0 Å². The summed E-state index contributed by atoms with van der Waals surface area (Å²) in [5, 5.41) is 0.142. The quantitative estimate of drug-likeness (QED) is 0.837. The average Bonchev–Trinajstić information content (AvgIpc) is 2.58. The number of esters is 1. The molecule has 0 spiro atoms. The van der Waals surface area contributed by atoms with E-state index in [2.05, 4.69) is 4.74 Å². The van der Waals surface area contributed by atoms with Crippen LogP contribution in [-0.4, -0.2) is 25.7 Å². The normalized spacial score (nSPS) is 12.8. The molecule has 0 radical (unpaired) electrons. The molecule has 3 nitrogen and oxygen atoms in total. The van der Waals surface area contributed by atoms with Crippen LogP contribution in [0.5, 0.6) is 0 Å². The number of alkyl halides is 3. The third-order valence-electron chi connectivity index (χ3n) is 1.89. The Morgan fingerprint density at radius 1 is 1.56 bits per heavy atom. The van der Waals surface area contributed by atoms with Crippen molar-refractivity contribution in [3.05, 3.63) is 16.5 Å². The molecule has 1 aromatic rings. The molecule has 0 aromatic carbocycles. The van der Waals surface area contributed by atoms with E-state index in [4.69, 9.17) is 5.73 Å². The summed E-state index contributed by atoms with van der Waals surface area (Å²) in [5.41, 5.74) is 5.56. The Morgan fingerprint density at radius 3 is 2.69 bits per heavy atom. The summed E-state index contributed by atoms with van der Waals surface area (Å²) in [6, 6.07) is 1.28. The van der Waals surface area contributed by atoms with Gasteiger partial charge in [-0.25, -0.2) is 18.0 Å². The number of methoxy groups -OCH3 is 1. The highest BCUT2D eigenvalue weighted by molar-refractivity contribution is 7.16. The van der Waals surface area contributed by atoms with E-state index in [1.54, 1.807) is 0 Å².